The van der Waals surface area contributed by atoms with Crippen molar-refractivity contribution in [2.75, 3.05) is 10.6 Å². The number of nitrogens with zero attached hydrogens (tertiary/aromatic N) is 5. The molecule has 0 radical (unpaired) electrons. The number of carbonyl (C=O) groups is 1. The lowest BCUT2D eigenvalue weighted by atomic mass is 10.0. The maximum Gasteiger partial charge on any atom is 0.249 e. The second kappa shape index (κ2) is 9.03. The molecule has 5 aromatic rings. The van der Waals surface area contributed by atoms with Crippen molar-refractivity contribution in [2.24, 2.45) is 0 Å². The molecule has 1 amide bonds. The van der Waals surface area contributed by atoms with Crippen molar-refractivity contribution in [1.29, 1.82) is 0 Å². The van der Waals surface area contributed by atoms with E-state index in [0.717, 1.165) is 33.2 Å². The minimum absolute atomic E-state index is 0.0977. The summed E-state index contributed by atoms with van der Waals surface area (Å²) in [5, 5.41) is 12.8. The molecular formula is C25H23N7OS. The Kier molecular flexibility index (Phi) is 5.77. The molecule has 0 unspecified atom stereocenters. The lowest BCUT2D eigenvalue weighted by Gasteiger charge is -2.12. The molecule has 2 N–H and O–H groups in total. The smallest absolute Gasteiger partial charge is 0.249 e. The minimum atomic E-state index is -0.0977. The lowest BCUT2D eigenvalue weighted by Crippen LogP contribution is -2.07. The Balaban J connectivity index is 1.45. The van der Waals surface area contributed by atoms with Crippen LogP contribution < -0.4 is 10.6 Å². The molecule has 3 heterocycles. The van der Waals surface area contributed by atoms with Crippen molar-refractivity contribution in [3.05, 3.63) is 82.6 Å². The summed E-state index contributed by atoms with van der Waals surface area (Å²) in [7, 11) is 0. The molecule has 34 heavy (non-hydrogen) atoms. The average molecular weight is 470 g/mol. The second-order valence-corrected chi connectivity index (χ2v) is 8.82. The molecule has 8 nitrogen and oxygen atoms in total. The molecule has 170 valence electrons. The Morgan fingerprint density at radius 3 is 2.50 bits per heavy atom. The standard InChI is InChI=1S/C25H23N7OS/c1-15-21(13-18-7-5-4-6-8-18)23(27-16(2)26-15)29-24-30-25-32(31-24)22(14-34-25)19-9-11-20(12-10-19)28-17(3)33/h4-12,14H,13H2,1-3H3,(H,28,33)(H,26,27,29,31). The largest absolute Gasteiger partial charge is 0.326 e. The number of aromatic nitrogens is 5. The fourth-order valence-corrected chi connectivity index (χ4v) is 4.65. The highest BCUT2D eigenvalue weighted by Gasteiger charge is 2.16. The molecule has 0 spiro atoms. The first-order chi connectivity index (χ1) is 16.5. The number of carbonyl (C=O) groups excluding carboxylic acids is 1. The van der Waals surface area contributed by atoms with Crippen molar-refractivity contribution < 1.29 is 4.79 Å². The van der Waals surface area contributed by atoms with E-state index in [9.17, 15) is 4.79 Å². The molecule has 9 heteroatoms. The van der Waals surface area contributed by atoms with Crippen LogP contribution in [0.25, 0.3) is 16.2 Å². The zero-order valence-electron chi connectivity index (χ0n) is 19.0. The summed E-state index contributed by atoms with van der Waals surface area (Å²) in [5.41, 5.74) is 5.79. The molecular weight excluding hydrogens is 446 g/mol. The van der Waals surface area contributed by atoms with Gasteiger partial charge in [-0.3, -0.25) is 4.79 Å². The predicted molar refractivity (Wildman–Crippen MR) is 135 cm³/mol. The van der Waals surface area contributed by atoms with Crippen molar-refractivity contribution in [1.82, 2.24) is 24.6 Å². The van der Waals surface area contributed by atoms with Crippen LogP contribution in [0.3, 0.4) is 0 Å². The summed E-state index contributed by atoms with van der Waals surface area (Å²) >= 11 is 1.52. The summed E-state index contributed by atoms with van der Waals surface area (Å²) in [6, 6.07) is 17.9. The number of thiazole rings is 1. The number of anilines is 3. The van der Waals surface area contributed by atoms with E-state index in [0.29, 0.717) is 24.0 Å². The van der Waals surface area contributed by atoms with E-state index in [4.69, 9.17) is 5.10 Å². The van der Waals surface area contributed by atoms with Gasteiger partial charge in [0.15, 0.2) is 0 Å². The Morgan fingerprint density at radius 1 is 1.00 bits per heavy atom. The number of hydrogen-bond acceptors (Lipinski definition) is 7. The van der Waals surface area contributed by atoms with Gasteiger partial charge in [-0.2, -0.15) is 4.98 Å². The monoisotopic (exact) mass is 469 g/mol. The van der Waals surface area contributed by atoms with Gasteiger partial charge in [0.05, 0.1) is 5.69 Å². The number of hydrogen-bond donors (Lipinski definition) is 2. The van der Waals surface area contributed by atoms with Gasteiger partial charge < -0.3 is 10.6 Å². The van der Waals surface area contributed by atoms with Crippen LogP contribution in [-0.4, -0.2) is 30.5 Å². The van der Waals surface area contributed by atoms with Crippen molar-refractivity contribution in [3.8, 4) is 11.3 Å². The lowest BCUT2D eigenvalue weighted by molar-refractivity contribution is -0.114. The maximum atomic E-state index is 11.3. The predicted octanol–water partition coefficient (Wildman–Crippen LogP) is 5.16. The second-order valence-electron chi connectivity index (χ2n) is 7.98. The van der Waals surface area contributed by atoms with Gasteiger partial charge in [-0.25, -0.2) is 14.5 Å². The Morgan fingerprint density at radius 2 is 1.76 bits per heavy atom. The van der Waals surface area contributed by atoms with E-state index >= 15 is 0 Å². The fraction of sp³-hybridized carbons (Fsp3) is 0.160. The van der Waals surface area contributed by atoms with Gasteiger partial charge >= 0.3 is 0 Å². The number of rotatable bonds is 6. The van der Waals surface area contributed by atoms with Crippen molar-refractivity contribution in [3.63, 3.8) is 0 Å². The Labute approximate surface area is 200 Å². The zero-order chi connectivity index (χ0) is 23.7. The molecule has 0 fully saturated rings. The van der Waals surface area contributed by atoms with Crippen LogP contribution in [0, 0.1) is 13.8 Å². The number of aryl methyl sites for hydroxylation is 2. The molecule has 0 saturated heterocycles. The first-order valence-electron chi connectivity index (χ1n) is 10.8. The molecule has 0 aliphatic carbocycles. The van der Waals surface area contributed by atoms with Gasteiger partial charge in [-0.1, -0.05) is 42.5 Å². The first-order valence-corrected chi connectivity index (χ1v) is 11.7. The summed E-state index contributed by atoms with van der Waals surface area (Å²) in [5.74, 6) is 1.79. The van der Waals surface area contributed by atoms with E-state index < -0.39 is 0 Å². The average Bonchev–Trinajstić information content (AvgIpc) is 3.37. The van der Waals surface area contributed by atoms with E-state index in [2.05, 4.69) is 37.7 Å². The van der Waals surface area contributed by atoms with E-state index in [1.54, 1.807) is 0 Å². The quantitative estimate of drug-likeness (QED) is 0.357. The summed E-state index contributed by atoms with van der Waals surface area (Å²) in [4.78, 5) is 25.9. The van der Waals surface area contributed by atoms with Gasteiger partial charge in [0.2, 0.25) is 16.8 Å². The third-order valence-electron chi connectivity index (χ3n) is 5.36. The molecule has 0 bridgehead atoms. The van der Waals surface area contributed by atoms with E-state index in [-0.39, 0.29) is 5.91 Å². The van der Waals surface area contributed by atoms with E-state index in [1.165, 1.54) is 23.8 Å². The highest BCUT2D eigenvalue weighted by atomic mass is 32.1. The zero-order valence-corrected chi connectivity index (χ0v) is 19.8. The topological polar surface area (TPSA) is 97.1 Å². The third kappa shape index (κ3) is 4.51. The number of nitrogens with one attached hydrogen (secondary N) is 2. The van der Waals surface area contributed by atoms with Crippen LogP contribution in [0.2, 0.25) is 0 Å². The Hall–Kier alpha value is -4.11. The molecule has 0 aliphatic heterocycles. The maximum absolute atomic E-state index is 11.3. The highest BCUT2D eigenvalue weighted by molar-refractivity contribution is 7.15. The molecule has 2 aromatic carbocycles. The van der Waals surface area contributed by atoms with Crippen LogP contribution >= 0.6 is 11.3 Å². The SMILES string of the molecule is CC(=O)Nc1ccc(-c2csc3nc(Nc4nc(C)nc(C)c4Cc4ccccc4)nn23)cc1. The summed E-state index contributed by atoms with van der Waals surface area (Å²) in [6.45, 7) is 5.37. The fourth-order valence-electron chi connectivity index (χ4n) is 3.82. The van der Waals surface area contributed by atoms with Crippen molar-refractivity contribution in [2.45, 2.75) is 27.2 Å². The van der Waals surface area contributed by atoms with E-state index in [1.807, 2.05) is 66.2 Å². The normalized spacial score (nSPS) is 11.0. The Bertz CT molecular complexity index is 1470. The van der Waals surface area contributed by atoms with Crippen LogP contribution in [-0.2, 0) is 11.2 Å². The molecule has 3 aromatic heterocycles. The summed E-state index contributed by atoms with van der Waals surface area (Å²) < 4.78 is 1.82. The molecule has 0 saturated carbocycles. The number of amides is 1. The molecule has 0 aliphatic rings. The number of benzene rings is 2. The van der Waals surface area contributed by atoms with Gasteiger partial charge in [0, 0.05) is 41.2 Å². The van der Waals surface area contributed by atoms with Gasteiger partial charge in [0.1, 0.15) is 11.6 Å². The first kappa shape index (κ1) is 21.7. The van der Waals surface area contributed by atoms with Crippen LogP contribution in [0.15, 0.2) is 60.0 Å². The third-order valence-corrected chi connectivity index (χ3v) is 6.18. The van der Waals surface area contributed by atoms with Crippen molar-refractivity contribution >= 4 is 39.7 Å². The summed E-state index contributed by atoms with van der Waals surface area (Å²) in [6.07, 6.45) is 0.712. The molecule has 5 rings (SSSR count). The highest BCUT2D eigenvalue weighted by Crippen LogP contribution is 2.28. The van der Waals surface area contributed by atoms with Crippen LogP contribution in [0.5, 0.6) is 0 Å². The van der Waals surface area contributed by atoms with Crippen LogP contribution in [0.4, 0.5) is 17.5 Å². The molecule has 0 atom stereocenters. The number of fused-ring (bicyclic) bond motifs is 1. The van der Waals surface area contributed by atoms with Gasteiger partial charge in [-0.15, -0.1) is 16.4 Å². The van der Waals surface area contributed by atoms with Crippen LogP contribution in [0.1, 0.15) is 29.6 Å². The van der Waals surface area contributed by atoms with Gasteiger partial charge in [0.25, 0.3) is 0 Å². The van der Waals surface area contributed by atoms with Gasteiger partial charge in [-0.05, 0) is 31.5 Å². The minimum Gasteiger partial charge on any atom is -0.326 e.